The number of pyridine rings is 1. The van der Waals surface area contributed by atoms with Gasteiger partial charge >= 0.3 is 0 Å². The molecule has 1 saturated heterocycles. The molecule has 1 saturated carbocycles. The zero-order valence-electron chi connectivity index (χ0n) is 22.5. The fraction of sp³-hybridized carbons (Fsp3) is 0.731. The Morgan fingerprint density at radius 2 is 1.52 bits per heavy atom. The predicted molar refractivity (Wildman–Crippen MR) is 142 cm³/mol. The lowest BCUT2D eigenvalue weighted by atomic mass is 10.1. The molecule has 5 nitrogen and oxygen atoms in total. The van der Waals surface area contributed by atoms with E-state index in [2.05, 4.69) is 102 Å². The first kappa shape index (κ1) is 25.1. The van der Waals surface area contributed by atoms with Crippen LogP contribution in [0.15, 0.2) is 24.5 Å². The van der Waals surface area contributed by atoms with E-state index in [1.54, 1.807) is 0 Å². The van der Waals surface area contributed by atoms with Gasteiger partial charge in [0.15, 0.2) is 16.6 Å². The van der Waals surface area contributed by atoms with E-state index in [4.69, 9.17) is 13.8 Å². The molecule has 33 heavy (non-hydrogen) atoms. The van der Waals surface area contributed by atoms with Crippen LogP contribution < -0.4 is 5.32 Å². The van der Waals surface area contributed by atoms with Crippen LogP contribution in [-0.4, -0.2) is 44.8 Å². The molecule has 0 radical (unpaired) electrons. The Kier molecular flexibility index (Phi) is 6.31. The summed E-state index contributed by atoms with van der Waals surface area (Å²) < 4.78 is 16.3. The minimum absolute atomic E-state index is 0.0344. The maximum Gasteiger partial charge on any atom is 0.192 e. The summed E-state index contributed by atoms with van der Waals surface area (Å²) in [5.74, 6) is 0.738. The topological polar surface area (TPSA) is 47.8 Å². The van der Waals surface area contributed by atoms with Crippen molar-refractivity contribution in [3.63, 3.8) is 0 Å². The quantitative estimate of drug-likeness (QED) is 0.464. The molecule has 0 bridgehead atoms. The van der Waals surface area contributed by atoms with E-state index < -0.39 is 16.6 Å². The highest BCUT2D eigenvalue weighted by Gasteiger charge is 2.49. The summed E-state index contributed by atoms with van der Waals surface area (Å²) in [5.41, 5.74) is 3.50. The average Bonchev–Trinajstić information content (AvgIpc) is 3.33. The van der Waals surface area contributed by atoms with Crippen molar-refractivity contribution in [2.75, 3.05) is 6.54 Å². The highest BCUT2D eigenvalue weighted by Crippen LogP contribution is 2.44. The fourth-order valence-corrected chi connectivity index (χ4v) is 6.77. The number of fused-ring (bicyclic) bond motifs is 1. The minimum atomic E-state index is -2.00. The van der Waals surface area contributed by atoms with E-state index in [0.717, 1.165) is 23.8 Å². The third-order valence-corrected chi connectivity index (χ3v) is 17.6. The van der Waals surface area contributed by atoms with Crippen molar-refractivity contribution in [1.29, 1.82) is 0 Å². The first-order valence-corrected chi connectivity index (χ1v) is 18.5. The summed E-state index contributed by atoms with van der Waals surface area (Å²) in [6, 6.07) is 4.45. The van der Waals surface area contributed by atoms with E-state index in [1.807, 2.05) is 0 Å². The molecule has 1 aliphatic heterocycles. The zero-order chi connectivity index (χ0) is 24.4. The first-order valence-electron chi connectivity index (χ1n) is 12.7. The van der Waals surface area contributed by atoms with Crippen LogP contribution in [0, 0.1) is 0 Å². The second kappa shape index (κ2) is 8.30. The second-order valence-corrected chi connectivity index (χ2v) is 22.8. The van der Waals surface area contributed by atoms with Crippen LogP contribution in [0.25, 0.3) is 5.65 Å². The van der Waals surface area contributed by atoms with E-state index in [0.29, 0.717) is 0 Å². The van der Waals surface area contributed by atoms with Crippen molar-refractivity contribution >= 4 is 22.3 Å². The molecule has 1 aliphatic carbocycles. The van der Waals surface area contributed by atoms with Gasteiger partial charge in [-0.2, -0.15) is 0 Å². The molecule has 7 heteroatoms. The number of hydrogen-bond acceptors (Lipinski definition) is 4. The Balaban J connectivity index is 1.66. The SMILES string of the molecule is CC(C)(C)[Si](C)(C)O[C@@H]1[C@H](O[Si](C)(C)C(C)(C)C)CN[C@H]1c1cn2cc(C3CC3)ccc2n1. The highest BCUT2D eigenvalue weighted by molar-refractivity contribution is 6.74. The summed E-state index contributed by atoms with van der Waals surface area (Å²) in [7, 11) is -3.94. The van der Waals surface area contributed by atoms with Crippen LogP contribution in [0.2, 0.25) is 36.3 Å². The number of nitrogens with one attached hydrogen (secondary N) is 1. The largest absolute Gasteiger partial charge is 0.410 e. The molecule has 2 fully saturated rings. The lowest BCUT2D eigenvalue weighted by Gasteiger charge is -2.43. The molecule has 0 spiro atoms. The van der Waals surface area contributed by atoms with Gasteiger partial charge in [0.1, 0.15) is 5.65 Å². The van der Waals surface area contributed by atoms with Crippen LogP contribution >= 0.6 is 0 Å². The van der Waals surface area contributed by atoms with Crippen molar-refractivity contribution in [3.8, 4) is 0 Å². The molecule has 184 valence electrons. The number of nitrogens with zero attached hydrogens (tertiary/aromatic N) is 2. The van der Waals surface area contributed by atoms with Gasteiger partial charge in [-0.25, -0.2) is 4.98 Å². The predicted octanol–water partition coefficient (Wildman–Crippen LogP) is 6.64. The van der Waals surface area contributed by atoms with E-state index in [-0.39, 0.29) is 28.3 Å². The smallest absolute Gasteiger partial charge is 0.192 e. The maximum atomic E-state index is 7.09. The van der Waals surface area contributed by atoms with Gasteiger partial charge in [-0.15, -0.1) is 0 Å². The second-order valence-electron chi connectivity index (χ2n) is 13.3. The van der Waals surface area contributed by atoms with Gasteiger partial charge in [-0.05, 0) is 66.7 Å². The molecule has 2 aromatic heterocycles. The van der Waals surface area contributed by atoms with Gasteiger partial charge in [0, 0.05) is 18.9 Å². The Labute approximate surface area is 202 Å². The van der Waals surface area contributed by atoms with Crippen LogP contribution in [0.1, 0.15) is 77.6 Å². The number of hydrogen-bond donors (Lipinski definition) is 1. The fourth-order valence-electron chi connectivity index (χ4n) is 4.12. The molecule has 0 unspecified atom stereocenters. The van der Waals surface area contributed by atoms with Gasteiger partial charge in [-0.3, -0.25) is 0 Å². The summed E-state index contributed by atoms with van der Waals surface area (Å²) in [5, 5.41) is 4.05. The molecule has 3 atom stereocenters. The number of aromatic nitrogens is 2. The monoisotopic (exact) mass is 487 g/mol. The lowest BCUT2D eigenvalue weighted by molar-refractivity contribution is 0.0545. The first-order chi connectivity index (χ1) is 15.1. The third kappa shape index (κ3) is 5.03. The number of imidazole rings is 1. The summed E-state index contributed by atoms with van der Waals surface area (Å²) >= 11 is 0. The molecular formula is C26H45N3O2Si2. The molecule has 0 aromatic carbocycles. The van der Waals surface area contributed by atoms with Crippen molar-refractivity contribution < 1.29 is 8.85 Å². The van der Waals surface area contributed by atoms with Crippen molar-refractivity contribution in [2.24, 2.45) is 0 Å². The van der Waals surface area contributed by atoms with Crippen LogP contribution in [0.3, 0.4) is 0 Å². The molecule has 1 N–H and O–H groups in total. The van der Waals surface area contributed by atoms with Gasteiger partial charge in [0.25, 0.3) is 0 Å². The standard InChI is InChI=1S/C26H45N3O2Si2/c1-25(2,3)32(7,8)30-21-15-27-23(24(21)31-33(9,10)26(4,5)6)20-17-29-16-19(18-11-12-18)13-14-22(29)28-20/h13-14,16-18,21,23-24,27H,11-12,15H2,1-10H3/t21-,23+,24-/m1/s1. The normalized spacial score (nSPS) is 25.2. The maximum absolute atomic E-state index is 7.09. The van der Waals surface area contributed by atoms with Gasteiger partial charge in [-0.1, -0.05) is 47.6 Å². The average molecular weight is 488 g/mol. The third-order valence-electron chi connectivity index (χ3n) is 8.58. The number of rotatable bonds is 6. The molecule has 3 heterocycles. The zero-order valence-corrected chi connectivity index (χ0v) is 24.5. The van der Waals surface area contributed by atoms with Crippen molar-refractivity contribution in [3.05, 3.63) is 35.8 Å². The Bertz CT molecular complexity index is 999. The van der Waals surface area contributed by atoms with Crippen LogP contribution in [0.5, 0.6) is 0 Å². The van der Waals surface area contributed by atoms with Crippen LogP contribution in [0.4, 0.5) is 0 Å². The van der Waals surface area contributed by atoms with E-state index >= 15 is 0 Å². The molecule has 0 amide bonds. The molecular weight excluding hydrogens is 442 g/mol. The van der Waals surface area contributed by atoms with Crippen molar-refractivity contribution in [1.82, 2.24) is 14.7 Å². The summed E-state index contributed by atoms with van der Waals surface area (Å²) in [4.78, 5) is 5.03. The molecule has 2 aromatic rings. The lowest BCUT2D eigenvalue weighted by Crippen LogP contribution is -2.51. The Morgan fingerprint density at radius 1 is 0.909 bits per heavy atom. The van der Waals surface area contributed by atoms with Gasteiger partial charge < -0.3 is 18.6 Å². The van der Waals surface area contributed by atoms with Crippen molar-refractivity contribution in [2.45, 2.75) is 115 Å². The van der Waals surface area contributed by atoms with Gasteiger partial charge in [0.05, 0.1) is 23.9 Å². The van der Waals surface area contributed by atoms with Crippen LogP contribution in [-0.2, 0) is 8.85 Å². The summed E-state index contributed by atoms with van der Waals surface area (Å²) in [6.07, 6.45) is 7.10. The summed E-state index contributed by atoms with van der Waals surface area (Å²) in [6.45, 7) is 24.0. The minimum Gasteiger partial charge on any atom is -0.410 e. The van der Waals surface area contributed by atoms with E-state index in [1.165, 1.54) is 18.4 Å². The van der Waals surface area contributed by atoms with E-state index in [9.17, 15) is 0 Å². The Morgan fingerprint density at radius 3 is 2.09 bits per heavy atom. The Hall–Kier alpha value is -0.996. The molecule has 4 rings (SSSR count). The molecule has 2 aliphatic rings. The highest BCUT2D eigenvalue weighted by atomic mass is 28.4. The van der Waals surface area contributed by atoms with Gasteiger partial charge in [0.2, 0.25) is 0 Å².